The van der Waals surface area contributed by atoms with Gasteiger partial charge in [0.1, 0.15) is 5.60 Å². The zero-order chi connectivity index (χ0) is 19.8. The average molecular weight is 381 g/mol. The first-order valence-corrected chi connectivity index (χ1v) is 9.17. The Bertz CT molecular complexity index is 732. The summed E-state index contributed by atoms with van der Waals surface area (Å²) >= 11 is 4.53. The van der Waals surface area contributed by atoms with Crippen LogP contribution in [0.4, 0.5) is 10.5 Å². The molecule has 0 aliphatic carbocycles. The van der Waals surface area contributed by atoms with Gasteiger partial charge in [0, 0.05) is 36.8 Å². The second kappa shape index (κ2) is 7.39. The molecule has 1 aliphatic heterocycles. The number of carboxylic acid groups (broad SMARTS) is 1. The molecule has 1 aromatic carbocycles. The minimum Gasteiger partial charge on any atom is -0.478 e. The smallest absolute Gasteiger partial charge is 0.410 e. The summed E-state index contributed by atoms with van der Waals surface area (Å²) in [5.74, 6) is -0.941. The fourth-order valence-electron chi connectivity index (χ4n) is 3.43. The highest BCUT2D eigenvalue weighted by molar-refractivity contribution is 7.80. The maximum absolute atomic E-state index is 12.2. The number of piperazine rings is 1. The van der Waals surface area contributed by atoms with Crippen molar-refractivity contribution >= 4 is 30.4 Å². The fourth-order valence-corrected chi connectivity index (χ4v) is 3.64. The van der Waals surface area contributed by atoms with Crippen molar-refractivity contribution in [1.82, 2.24) is 4.90 Å². The molecule has 1 heterocycles. The summed E-state index contributed by atoms with van der Waals surface area (Å²) in [5, 5.41) is 9.59. The second-order valence-electron chi connectivity index (χ2n) is 7.71. The highest BCUT2D eigenvalue weighted by atomic mass is 32.1. The van der Waals surface area contributed by atoms with Gasteiger partial charge in [-0.25, -0.2) is 9.59 Å². The Hall–Kier alpha value is -1.89. The third-order valence-corrected chi connectivity index (χ3v) is 5.30. The Labute approximate surface area is 160 Å². The largest absolute Gasteiger partial charge is 0.478 e. The van der Waals surface area contributed by atoms with E-state index >= 15 is 0 Å². The van der Waals surface area contributed by atoms with E-state index in [1.165, 1.54) is 0 Å². The van der Waals surface area contributed by atoms with Crippen molar-refractivity contribution in [2.24, 2.45) is 0 Å². The average Bonchev–Trinajstić information content (AvgIpc) is 2.51. The highest BCUT2D eigenvalue weighted by Crippen LogP contribution is 2.36. The van der Waals surface area contributed by atoms with E-state index in [0.717, 1.165) is 16.8 Å². The summed E-state index contributed by atoms with van der Waals surface area (Å²) < 4.78 is 5.43. The Balaban J connectivity index is 2.25. The number of carboxylic acids is 1. The summed E-state index contributed by atoms with van der Waals surface area (Å²) in [6.07, 6.45) is -0.310. The first-order valence-electron chi connectivity index (χ1n) is 8.73. The summed E-state index contributed by atoms with van der Waals surface area (Å²) in [6.45, 7) is 13.4. The van der Waals surface area contributed by atoms with Crippen LogP contribution in [0.25, 0.3) is 0 Å². The molecule has 7 heteroatoms. The SMILES string of the molecule is Cc1c(S)c(C)c(N2CCN(C(=O)OC(C)(C)C)CC2)c(C)c1C(=O)O. The van der Waals surface area contributed by atoms with Gasteiger partial charge in [-0.1, -0.05) is 0 Å². The lowest BCUT2D eigenvalue weighted by Gasteiger charge is -2.38. The Kier molecular flexibility index (Phi) is 5.80. The number of nitrogens with zero attached hydrogens (tertiary/aromatic N) is 2. The van der Waals surface area contributed by atoms with Crippen LogP contribution in [0.3, 0.4) is 0 Å². The molecule has 0 saturated carbocycles. The molecule has 26 heavy (non-hydrogen) atoms. The summed E-state index contributed by atoms with van der Waals surface area (Å²) in [5.41, 5.74) is 3.10. The zero-order valence-corrected chi connectivity index (χ0v) is 17.2. The maximum atomic E-state index is 12.2. The number of hydrogen-bond donors (Lipinski definition) is 2. The van der Waals surface area contributed by atoms with Gasteiger partial charge in [-0.05, 0) is 58.2 Å². The molecule has 0 atom stereocenters. The molecule has 1 fully saturated rings. The van der Waals surface area contributed by atoms with Crippen LogP contribution < -0.4 is 4.90 Å². The van der Waals surface area contributed by atoms with Crippen LogP contribution in [-0.4, -0.2) is 53.8 Å². The van der Waals surface area contributed by atoms with Gasteiger partial charge in [-0.15, -0.1) is 12.6 Å². The molecule has 0 bridgehead atoms. The number of aromatic carboxylic acids is 1. The van der Waals surface area contributed by atoms with Crippen molar-refractivity contribution in [3.8, 4) is 0 Å². The topological polar surface area (TPSA) is 70.1 Å². The van der Waals surface area contributed by atoms with Crippen molar-refractivity contribution in [3.63, 3.8) is 0 Å². The van der Waals surface area contributed by atoms with Gasteiger partial charge in [0.15, 0.2) is 0 Å². The predicted octanol–water partition coefficient (Wildman–Crippen LogP) is 3.66. The van der Waals surface area contributed by atoms with E-state index in [9.17, 15) is 14.7 Å². The monoisotopic (exact) mass is 380 g/mol. The van der Waals surface area contributed by atoms with Crippen molar-refractivity contribution in [1.29, 1.82) is 0 Å². The van der Waals surface area contributed by atoms with Crippen LogP contribution in [0.2, 0.25) is 0 Å². The van der Waals surface area contributed by atoms with Crippen molar-refractivity contribution in [3.05, 3.63) is 22.3 Å². The van der Waals surface area contributed by atoms with E-state index in [1.54, 1.807) is 11.8 Å². The van der Waals surface area contributed by atoms with E-state index in [0.29, 0.717) is 42.2 Å². The Morgan fingerprint density at radius 1 is 1.00 bits per heavy atom. The predicted molar refractivity (Wildman–Crippen MR) is 105 cm³/mol. The van der Waals surface area contributed by atoms with Crippen LogP contribution in [-0.2, 0) is 4.74 Å². The summed E-state index contributed by atoms with van der Waals surface area (Å²) in [7, 11) is 0. The van der Waals surface area contributed by atoms with E-state index in [4.69, 9.17) is 4.74 Å². The van der Waals surface area contributed by atoms with E-state index < -0.39 is 11.6 Å². The quantitative estimate of drug-likeness (QED) is 0.767. The summed E-state index contributed by atoms with van der Waals surface area (Å²) in [4.78, 5) is 28.5. The van der Waals surface area contributed by atoms with Gasteiger partial charge in [0.25, 0.3) is 0 Å². The van der Waals surface area contributed by atoms with Crippen molar-refractivity contribution < 1.29 is 19.4 Å². The number of benzene rings is 1. The van der Waals surface area contributed by atoms with Gasteiger partial charge >= 0.3 is 12.1 Å². The van der Waals surface area contributed by atoms with Gasteiger partial charge in [0.2, 0.25) is 0 Å². The molecule has 0 aromatic heterocycles. The molecule has 2 rings (SSSR count). The van der Waals surface area contributed by atoms with E-state index in [-0.39, 0.29) is 6.09 Å². The number of thiol groups is 1. The standard InChI is InChI=1S/C19H28N2O4S/c1-11-14(17(22)23)12(2)16(26)13(3)15(11)20-7-9-21(10-8-20)18(24)25-19(4,5)6/h26H,7-10H2,1-6H3,(H,22,23). The van der Waals surface area contributed by atoms with Gasteiger partial charge in [0.05, 0.1) is 5.56 Å². The molecule has 1 N–H and O–H groups in total. The molecule has 0 unspecified atom stereocenters. The lowest BCUT2D eigenvalue weighted by atomic mass is 9.96. The molecular formula is C19H28N2O4S. The molecule has 1 saturated heterocycles. The molecule has 0 spiro atoms. The number of rotatable bonds is 2. The second-order valence-corrected chi connectivity index (χ2v) is 8.15. The highest BCUT2D eigenvalue weighted by Gasteiger charge is 2.29. The minimum absolute atomic E-state index is 0.310. The lowest BCUT2D eigenvalue weighted by molar-refractivity contribution is 0.0240. The Morgan fingerprint density at radius 2 is 1.54 bits per heavy atom. The van der Waals surface area contributed by atoms with Crippen LogP contribution in [0.15, 0.2) is 4.90 Å². The first kappa shape index (κ1) is 20.4. The third kappa shape index (κ3) is 4.09. The number of amides is 1. The zero-order valence-electron chi connectivity index (χ0n) is 16.3. The van der Waals surface area contributed by atoms with Gasteiger partial charge in [-0.3, -0.25) is 0 Å². The third-order valence-electron chi connectivity index (χ3n) is 4.63. The number of ether oxygens (including phenoxy) is 1. The van der Waals surface area contributed by atoms with Crippen LogP contribution in [0.1, 0.15) is 47.8 Å². The fraction of sp³-hybridized carbons (Fsp3) is 0.579. The lowest BCUT2D eigenvalue weighted by Crippen LogP contribution is -2.50. The van der Waals surface area contributed by atoms with Crippen LogP contribution in [0, 0.1) is 20.8 Å². The van der Waals surface area contributed by atoms with Crippen LogP contribution in [0.5, 0.6) is 0 Å². The molecule has 1 aromatic rings. The molecule has 144 valence electrons. The minimum atomic E-state index is -0.941. The normalized spacial score (nSPS) is 15.2. The molecular weight excluding hydrogens is 352 g/mol. The van der Waals surface area contributed by atoms with Crippen LogP contribution >= 0.6 is 12.6 Å². The number of carbonyl (C=O) groups is 2. The van der Waals surface area contributed by atoms with E-state index in [2.05, 4.69) is 17.5 Å². The molecule has 6 nitrogen and oxygen atoms in total. The first-order chi connectivity index (χ1) is 11.9. The summed E-state index contributed by atoms with van der Waals surface area (Å²) in [6, 6.07) is 0. The van der Waals surface area contributed by atoms with Crippen molar-refractivity contribution in [2.75, 3.05) is 31.1 Å². The van der Waals surface area contributed by atoms with Gasteiger partial charge < -0.3 is 19.6 Å². The molecule has 0 radical (unpaired) electrons. The Morgan fingerprint density at radius 3 is 2.00 bits per heavy atom. The number of carbonyl (C=O) groups excluding carboxylic acids is 1. The number of hydrogen-bond acceptors (Lipinski definition) is 5. The van der Waals surface area contributed by atoms with E-state index in [1.807, 2.05) is 34.6 Å². The van der Waals surface area contributed by atoms with Gasteiger partial charge in [-0.2, -0.15) is 0 Å². The molecule has 1 aliphatic rings. The molecule has 1 amide bonds. The number of anilines is 1. The van der Waals surface area contributed by atoms with Crippen molar-refractivity contribution in [2.45, 2.75) is 52.0 Å². The maximum Gasteiger partial charge on any atom is 0.410 e.